The van der Waals surface area contributed by atoms with Crippen molar-refractivity contribution >= 4 is 18.3 Å². The minimum atomic E-state index is -0.0465. The molecule has 0 radical (unpaired) electrons. The quantitative estimate of drug-likeness (QED) is 0.875. The van der Waals surface area contributed by atoms with Crippen LogP contribution in [-0.2, 0) is 0 Å². The summed E-state index contributed by atoms with van der Waals surface area (Å²) < 4.78 is 0. The molecule has 1 aromatic heterocycles. The van der Waals surface area contributed by atoms with Crippen LogP contribution in [0.15, 0.2) is 24.5 Å². The average molecular weight is 270 g/mol. The molecule has 3 N–H and O–H groups in total. The average Bonchev–Trinajstić information content (AvgIpc) is 2.90. The summed E-state index contributed by atoms with van der Waals surface area (Å²) in [6.45, 7) is 0.515. The molecule has 1 saturated carbocycles. The van der Waals surface area contributed by atoms with Crippen molar-refractivity contribution in [2.75, 3.05) is 6.54 Å². The van der Waals surface area contributed by atoms with E-state index in [4.69, 9.17) is 5.73 Å². The fourth-order valence-corrected chi connectivity index (χ4v) is 2.48. The van der Waals surface area contributed by atoms with E-state index in [9.17, 15) is 4.79 Å². The first-order valence-electron chi connectivity index (χ1n) is 6.22. The van der Waals surface area contributed by atoms with Gasteiger partial charge in [-0.2, -0.15) is 0 Å². The second-order valence-corrected chi connectivity index (χ2v) is 4.60. The smallest absolute Gasteiger partial charge is 0.251 e. The van der Waals surface area contributed by atoms with E-state index in [2.05, 4.69) is 10.3 Å². The number of halogens is 1. The molecule has 1 atom stereocenters. The van der Waals surface area contributed by atoms with Gasteiger partial charge >= 0.3 is 0 Å². The van der Waals surface area contributed by atoms with Crippen LogP contribution >= 0.6 is 12.4 Å². The lowest BCUT2D eigenvalue weighted by Crippen LogP contribution is -2.44. The number of aromatic nitrogens is 1. The first-order valence-corrected chi connectivity index (χ1v) is 6.22. The maximum atomic E-state index is 12.0. The lowest BCUT2D eigenvalue weighted by molar-refractivity contribution is 0.0924. The van der Waals surface area contributed by atoms with Crippen LogP contribution in [0.25, 0.3) is 0 Å². The SMILES string of the molecule is Cl.NCC(NC(=O)c1ccncc1)C1CCCC1. The van der Waals surface area contributed by atoms with Gasteiger partial charge in [0.2, 0.25) is 0 Å². The van der Waals surface area contributed by atoms with Gasteiger partial charge in [-0.1, -0.05) is 12.8 Å². The minimum Gasteiger partial charge on any atom is -0.348 e. The van der Waals surface area contributed by atoms with Crippen molar-refractivity contribution in [3.05, 3.63) is 30.1 Å². The number of carbonyl (C=O) groups is 1. The topological polar surface area (TPSA) is 68.0 Å². The summed E-state index contributed by atoms with van der Waals surface area (Å²) in [5, 5.41) is 3.03. The molecule has 0 spiro atoms. The Balaban J connectivity index is 0.00000162. The summed E-state index contributed by atoms with van der Waals surface area (Å²) in [7, 11) is 0. The third-order valence-electron chi connectivity index (χ3n) is 3.48. The predicted molar refractivity (Wildman–Crippen MR) is 73.8 cm³/mol. The molecule has 1 aromatic rings. The molecular formula is C13H20ClN3O. The molecule has 1 unspecified atom stereocenters. The monoisotopic (exact) mass is 269 g/mol. The van der Waals surface area contributed by atoms with Gasteiger partial charge in [-0.25, -0.2) is 0 Å². The molecule has 5 heteroatoms. The summed E-state index contributed by atoms with van der Waals surface area (Å²) in [6.07, 6.45) is 8.12. The third kappa shape index (κ3) is 3.68. The normalized spacial score (nSPS) is 16.9. The summed E-state index contributed by atoms with van der Waals surface area (Å²) in [5.74, 6) is 0.500. The third-order valence-corrected chi connectivity index (χ3v) is 3.48. The highest BCUT2D eigenvalue weighted by Gasteiger charge is 2.25. The molecule has 0 aliphatic heterocycles. The first-order chi connectivity index (χ1) is 8.31. The molecule has 0 bridgehead atoms. The number of nitrogens with zero attached hydrogens (tertiary/aromatic N) is 1. The predicted octanol–water partition coefficient (Wildman–Crippen LogP) is 1.75. The van der Waals surface area contributed by atoms with Crippen LogP contribution in [0.1, 0.15) is 36.0 Å². The molecule has 1 amide bonds. The molecule has 1 fully saturated rings. The summed E-state index contributed by atoms with van der Waals surface area (Å²) in [5.41, 5.74) is 6.40. The van der Waals surface area contributed by atoms with Crippen LogP contribution < -0.4 is 11.1 Å². The molecule has 0 saturated heterocycles. The molecule has 1 aliphatic rings. The van der Waals surface area contributed by atoms with Gasteiger partial charge in [-0.05, 0) is 30.9 Å². The van der Waals surface area contributed by atoms with Crippen LogP contribution in [0.2, 0.25) is 0 Å². The van der Waals surface area contributed by atoms with Crippen LogP contribution in [-0.4, -0.2) is 23.5 Å². The van der Waals surface area contributed by atoms with Crippen LogP contribution in [0.4, 0.5) is 0 Å². The van der Waals surface area contributed by atoms with Gasteiger partial charge in [0.15, 0.2) is 0 Å². The number of rotatable bonds is 4. The van der Waals surface area contributed by atoms with Gasteiger partial charge in [-0.3, -0.25) is 9.78 Å². The van der Waals surface area contributed by atoms with Crippen molar-refractivity contribution in [3.63, 3.8) is 0 Å². The van der Waals surface area contributed by atoms with Crippen molar-refractivity contribution in [2.45, 2.75) is 31.7 Å². The lowest BCUT2D eigenvalue weighted by atomic mass is 9.98. The number of nitrogens with one attached hydrogen (secondary N) is 1. The van der Waals surface area contributed by atoms with Crippen LogP contribution in [0.5, 0.6) is 0 Å². The van der Waals surface area contributed by atoms with Crippen LogP contribution in [0, 0.1) is 5.92 Å². The fraction of sp³-hybridized carbons (Fsp3) is 0.538. The number of amides is 1. The largest absolute Gasteiger partial charge is 0.348 e. The molecule has 1 heterocycles. The maximum Gasteiger partial charge on any atom is 0.251 e. The van der Waals surface area contributed by atoms with E-state index in [0.29, 0.717) is 18.0 Å². The van der Waals surface area contributed by atoms with Gasteiger partial charge in [0.05, 0.1) is 0 Å². The highest BCUT2D eigenvalue weighted by Crippen LogP contribution is 2.27. The Morgan fingerprint density at radius 2 is 2.00 bits per heavy atom. The number of hydrogen-bond acceptors (Lipinski definition) is 3. The summed E-state index contributed by atoms with van der Waals surface area (Å²) in [6, 6.07) is 3.55. The van der Waals surface area contributed by atoms with Gasteiger partial charge in [-0.15, -0.1) is 12.4 Å². The Morgan fingerprint density at radius 1 is 1.39 bits per heavy atom. The second-order valence-electron chi connectivity index (χ2n) is 4.60. The van der Waals surface area contributed by atoms with E-state index < -0.39 is 0 Å². The molecule has 4 nitrogen and oxygen atoms in total. The zero-order valence-corrected chi connectivity index (χ0v) is 11.2. The van der Waals surface area contributed by atoms with Gasteiger partial charge in [0.1, 0.15) is 0 Å². The zero-order valence-electron chi connectivity index (χ0n) is 10.3. The van der Waals surface area contributed by atoms with E-state index in [-0.39, 0.29) is 24.4 Å². The van der Waals surface area contributed by atoms with E-state index in [1.54, 1.807) is 24.5 Å². The molecular weight excluding hydrogens is 250 g/mol. The van der Waals surface area contributed by atoms with E-state index in [0.717, 1.165) is 0 Å². The summed E-state index contributed by atoms with van der Waals surface area (Å²) in [4.78, 5) is 15.9. The van der Waals surface area contributed by atoms with Crippen molar-refractivity contribution in [3.8, 4) is 0 Å². The number of carbonyl (C=O) groups excluding carboxylic acids is 1. The van der Waals surface area contributed by atoms with E-state index >= 15 is 0 Å². The molecule has 1 aliphatic carbocycles. The van der Waals surface area contributed by atoms with Gasteiger partial charge in [0.25, 0.3) is 5.91 Å². The Labute approximate surface area is 114 Å². The Morgan fingerprint density at radius 3 is 2.56 bits per heavy atom. The molecule has 0 aromatic carbocycles. The summed E-state index contributed by atoms with van der Waals surface area (Å²) >= 11 is 0. The van der Waals surface area contributed by atoms with Crippen molar-refractivity contribution in [1.29, 1.82) is 0 Å². The van der Waals surface area contributed by atoms with Crippen LogP contribution in [0.3, 0.4) is 0 Å². The van der Waals surface area contributed by atoms with E-state index in [1.807, 2.05) is 0 Å². The second kappa shape index (κ2) is 7.34. The van der Waals surface area contributed by atoms with Crippen molar-refractivity contribution in [2.24, 2.45) is 11.7 Å². The van der Waals surface area contributed by atoms with Crippen molar-refractivity contribution < 1.29 is 4.79 Å². The van der Waals surface area contributed by atoms with Gasteiger partial charge < -0.3 is 11.1 Å². The van der Waals surface area contributed by atoms with E-state index in [1.165, 1.54) is 25.7 Å². The molecule has 100 valence electrons. The standard InChI is InChI=1S/C13H19N3O.ClH/c14-9-12(10-3-1-2-4-10)16-13(17)11-5-7-15-8-6-11;/h5-8,10,12H,1-4,9,14H2,(H,16,17);1H. The highest BCUT2D eigenvalue weighted by molar-refractivity contribution is 5.94. The molecule has 2 rings (SSSR count). The number of nitrogens with two attached hydrogens (primary N) is 1. The van der Waals surface area contributed by atoms with Crippen molar-refractivity contribution in [1.82, 2.24) is 10.3 Å². The van der Waals surface area contributed by atoms with Gasteiger partial charge in [0, 0.05) is 30.5 Å². The Kier molecular flexibility index (Phi) is 6.09. The Hall–Kier alpha value is -1.13. The Bertz CT molecular complexity index is 366. The zero-order chi connectivity index (χ0) is 12.1. The fourth-order valence-electron chi connectivity index (χ4n) is 2.48. The minimum absolute atomic E-state index is 0. The maximum absolute atomic E-state index is 12.0. The number of hydrogen-bond donors (Lipinski definition) is 2. The molecule has 18 heavy (non-hydrogen) atoms. The highest BCUT2D eigenvalue weighted by atomic mass is 35.5. The number of pyridine rings is 1. The lowest BCUT2D eigenvalue weighted by Gasteiger charge is -2.23. The first kappa shape index (κ1) is 14.9.